The topological polar surface area (TPSA) is 36.3 Å². The summed E-state index contributed by atoms with van der Waals surface area (Å²) in [6.45, 7) is 1.82. The Morgan fingerprint density at radius 3 is 2.50 bits per heavy atom. The Balaban J connectivity index is 1.77. The van der Waals surface area contributed by atoms with Crippen molar-refractivity contribution in [2.75, 3.05) is 20.2 Å². The zero-order valence-corrected chi connectivity index (χ0v) is 10.4. The summed E-state index contributed by atoms with van der Waals surface area (Å²) >= 11 is 0. The molecular weight excluding hydrogens is 200 g/mol. The van der Waals surface area contributed by atoms with Gasteiger partial charge in [0, 0.05) is 26.1 Å². The molecule has 3 nitrogen and oxygen atoms in total. The molecule has 1 saturated heterocycles. The Kier molecular flexibility index (Phi) is 4.22. The van der Waals surface area contributed by atoms with Crippen LogP contribution in [-0.4, -0.2) is 37.0 Å². The average molecular weight is 224 g/mol. The SMILES string of the molecule is CN(CC1CCCCO1)C(=N)C1CCCC1. The number of ether oxygens (including phenoxy) is 1. The number of amidine groups is 1. The molecule has 1 saturated carbocycles. The standard InChI is InChI=1S/C13H24N2O/c1-15(10-12-8-4-5-9-16-12)13(14)11-6-2-3-7-11/h11-12,14H,2-10H2,1H3. The maximum absolute atomic E-state index is 8.18. The predicted molar refractivity (Wildman–Crippen MR) is 65.9 cm³/mol. The Morgan fingerprint density at radius 1 is 1.19 bits per heavy atom. The second-order valence-corrected chi connectivity index (χ2v) is 5.24. The number of nitrogens with one attached hydrogen (secondary N) is 1. The van der Waals surface area contributed by atoms with E-state index in [4.69, 9.17) is 10.1 Å². The van der Waals surface area contributed by atoms with Crippen LogP contribution in [0.3, 0.4) is 0 Å². The molecule has 1 aliphatic heterocycles. The number of rotatable bonds is 3. The van der Waals surface area contributed by atoms with Crippen molar-refractivity contribution in [3.8, 4) is 0 Å². The van der Waals surface area contributed by atoms with Crippen molar-refractivity contribution in [2.45, 2.75) is 51.0 Å². The Hall–Kier alpha value is -0.570. The van der Waals surface area contributed by atoms with E-state index in [2.05, 4.69) is 11.9 Å². The first-order chi connectivity index (χ1) is 7.77. The lowest BCUT2D eigenvalue weighted by molar-refractivity contribution is 0.00654. The molecule has 2 fully saturated rings. The number of likely N-dealkylation sites (N-methyl/N-ethyl adjacent to an activating group) is 1. The van der Waals surface area contributed by atoms with Gasteiger partial charge in [-0.2, -0.15) is 0 Å². The average Bonchev–Trinajstić information content (AvgIpc) is 2.83. The van der Waals surface area contributed by atoms with Gasteiger partial charge >= 0.3 is 0 Å². The van der Waals surface area contributed by atoms with Gasteiger partial charge in [0.2, 0.25) is 0 Å². The van der Waals surface area contributed by atoms with Crippen molar-refractivity contribution in [1.29, 1.82) is 5.41 Å². The molecule has 0 aromatic carbocycles. The van der Waals surface area contributed by atoms with E-state index < -0.39 is 0 Å². The molecule has 0 aromatic heterocycles. The fraction of sp³-hybridized carbons (Fsp3) is 0.923. The summed E-state index contributed by atoms with van der Waals surface area (Å²) in [5.41, 5.74) is 0. The van der Waals surface area contributed by atoms with Crippen LogP contribution >= 0.6 is 0 Å². The molecule has 0 aromatic rings. The van der Waals surface area contributed by atoms with Crippen LogP contribution in [0.25, 0.3) is 0 Å². The molecule has 1 heterocycles. The fourth-order valence-corrected chi connectivity index (χ4v) is 2.87. The first-order valence-corrected chi connectivity index (χ1v) is 6.68. The summed E-state index contributed by atoms with van der Waals surface area (Å²) in [5, 5.41) is 8.18. The van der Waals surface area contributed by atoms with Gasteiger partial charge in [-0.1, -0.05) is 12.8 Å². The third kappa shape index (κ3) is 2.97. The summed E-state index contributed by atoms with van der Waals surface area (Å²) in [7, 11) is 2.05. The Labute approximate surface area is 98.7 Å². The zero-order chi connectivity index (χ0) is 11.4. The quantitative estimate of drug-likeness (QED) is 0.591. The van der Waals surface area contributed by atoms with Crippen LogP contribution in [0.2, 0.25) is 0 Å². The minimum absolute atomic E-state index is 0.362. The molecule has 2 aliphatic rings. The van der Waals surface area contributed by atoms with E-state index >= 15 is 0 Å². The molecule has 2 rings (SSSR count). The van der Waals surface area contributed by atoms with Crippen LogP contribution in [0.4, 0.5) is 0 Å². The van der Waals surface area contributed by atoms with Crippen molar-refractivity contribution in [1.82, 2.24) is 4.90 Å². The van der Waals surface area contributed by atoms with Gasteiger partial charge in [-0.25, -0.2) is 0 Å². The number of nitrogens with zero attached hydrogens (tertiary/aromatic N) is 1. The minimum Gasteiger partial charge on any atom is -0.376 e. The van der Waals surface area contributed by atoms with Crippen molar-refractivity contribution in [2.24, 2.45) is 5.92 Å². The smallest absolute Gasteiger partial charge is 0.0987 e. The molecule has 1 unspecified atom stereocenters. The van der Waals surface area contributed by atoms with Gasteiger partial charge < -0.3 is 9.64 Å². The fourth-order valence-electron chi connectivity index (χ4n) is 2.87. The van der Waals surface area contributed by atoms with Crippen LogP contribution in [0.5, 0.6) is 0 Å². The maximum Gasteiger partial charge on any atom is 0.0987 e. The van der Waals surface area contributed by atoms with E-state index in [0.717, 1.165) is 19.0 Å². The number of hydrogen-bond donors (Lipinski definition) is 1. The van der Waals surface area contributed by atoms with E-state index in [1.54, 1.807) is 0 Å². The zero-order valence-electron chi connectivity index (χ0n) is 10.4. The molecule has 3 heteroatoms. The second kappa shape index (κ2) is 5.67. The predicted octanol–water partition coefficient (Wildman–Crippen LogP) is 2.65. The first kappa shape index (κ1) is 11.9. The lowest BCUT2D eigenvalue weighted by atomic mass is 10.0. The van der Waals surface area contributed by atoms with E-state index in [1.807, 2.05) is 0 Å². The van der Waals surface area contributed by atoms with E-state index in [0.29, 0.717) is 12.0 Å². The normalized spacial score (nSPS) is 26.9. The highest BCUT2D eigenvalue weighted by Gasteiger charge is 2.24. The third-order valence-electron chi connectivity index (χ3n) is 3.90. The Bertz CT molecular complexity index is 230. The third-order valence-corrected chi connectivity index (χ3v) is 3.90. The molecule has 92 valence electrons. The highest BCUT2D eigenvalue weighted by Crippen LogP contribution is 2.26. The van der Waals surface area contributed by atoms with Gasteiger partial charge in [0.15, 0.2) is 0 Å². The minimum atomic E-state index is 0.362. The van der Waals surface area contributed by atoms with E-state index in [9.17, 15) is 0 Å². The molecule has 1 aliphatic carbocycles. The van der Waals surface area contributed by atoms with Crippen LogP contribution in [0, 0.1) is 11.3 Å². The first-order valence-electron chi connectivity index (χ1n) is 6.68. The highest BCUT2D eigenvalue weighted by atomic mass is 16.5. The summed E-state index contributed by atoms with van der Waals surface area (Å²) in [6.07, 6.45) is 9.07. The van der Waals surface area contributed by atoms with Gasteiger partial charge in [0.1, 0.15) is 0 Å². The van der Waals surface area contributed by atoms with Gasteiger partial charge in [-0.3, -0.25) is 5.41 Å². The van der Waals surface area contributed by atoms with E-state index in [-0.39, 0.29) is 0 Å². The maximum atomic E-state index is 8.18. The monoisotopic (exact) mass is 224 g/mol. The van der Waals surface area contributed by atoms with Crippen molar-refractivity contribution >= 4 is 5.84 Å². The van der Waals surface area contributed by atoms with Gasteiger partial charge in [-0.15, -0.1) is 0 Å². The lowest BCUT2D eigenvalue weighted by Crippen LogP contribution is -2.39. The lowest BCUT2D eigenvalue weighted by Gasteiger charge is -2.30. The molecule has 0 spiro atoms. The summed E-state index contributed by atoms with van der Waals surface area (Å²) in [5.74, 6) is 1.36. The molecule has 0 bridgehead atoms. The van der Waals surface area contributed by atoms with Crippen LogP contribution in [0.1, 0.15) is 44.9 Å². The second-order valence-electron chi connectivity index (χ2n) is 5.24. The van der Waals surface area contributed by atoms with Crippen molar-refractivity contribution < 1.29 is 4.74 Å². The van der Waals surface area contributed by atoms with Gasteiger partial charge in [0.05, 0.1) is 11.9 Å². The van der Waals surface area contributed by atoms with Crippen LogP contribution in [0.15, 0.2) is 0 Å². The highest BCUT2D eigenvalue weighted by molar-refractivity contribution is 5.81. The van der Waals surface area contributed by atoms with Crippen LogP contribution < -0.4 is 0 Å². The van der Waals surface area contributed by atoms with Crippen molar-refractivity contribution in [3.05, 3.63) is 0 Å². The largest absolute Gasteiger partial charge is 0.376 e. The molecule has 1 N–H and O–H groups in total. The molecule has 0 radical (unpaired) electrons. The number of hydrogen-bond acceptors (Lipinski definition) is 2. The van der Waals surface area contributed by atoms with Gasteiger partial charge in [0.25, 0.3) is 0 Å². The van der Waals surface area contributed by atoms with Crippen LogP contribution in [-0.2, 0) is 4.74 Å². The molecular formula is C13H24N2O. The molecule has 16 heavy (non-hydrogen) atoms. The summed E-state index contributed by atoms with van der Waals surface area (Å²) in [6, 6.07) is 0. The summed E-state index contributed by atoms with van der Waals surface area (Å²) < 4.78 is 5.72. The Morgan fingerprint density at radius 2 is 1.88 bits per heavy atom. The summed E-state index contributed by atoms with van der Waals surface area (Å²) in [4.78, 5) is 2.12. The molecule has 1 atom stereocenters. The van der Waals surface area contributed by atoms with E-state index in [1.165, 1.54) is 44.9 Å². The molecule has 0 amide bonds. The van der Waals surface area contributed by atoms with Crippen molar-refractivity contribution in [3.63, 3.8) is 0 Å². The van der Waals surface area contributed by atoms with Gasteiger partial charge in [-0.05, 0) is 32.1 Å².